The van der Waals surface area contributed by atoms with Gasteiger partial charge in [-0.05, 0) is 28.8 Å². The predicted octanol–water partition coefficient (Wildman–Crippen LogP) is 4.02. The van der Waals surface area contributed by atoms with Gasteiger partial charge in [-0.3, -0.25) is 0 Å². The molecule has 0 radical (unpaired) electrons. The van der Waals surface area contributed by atoms with E-state index < -0.39 is 8.03 Å². The zero-order valence-electron chi connectivity index (χ0n) is 10.2. The molecule has 2 aromatic rings. The van der Waals surface area contributed by atoms with Gasteiger partial charge in [-0.25, -0.2) is 0 Å². The van der Waals surface area contributed by atoms with Gasteiger partial charge in [0.2, 0.25) is 0 Å². The van der Waals surface area contributed by atoms with Gasteiger partial charge in [0.05, 0.1) is 17.9 Å². The molecule has 0 saturated carbocycles. The number of anilines is 2. The molecule has 0 amide bonds. The molecule has 19 heavy (non-hydrogen) atoms. The van der Waals surface area contributed by atoms with E-state index in [1.165, 1.54) is 9.79 Å². The largest absolute Gasteiger partial charge is 0.507 e. The molecule has 0 saturated heterocycles. The number of fused-ring (bicyclic) bond motifs is 2. The maximum absolute atomic E-state index is 11.0. The highest BCUT2D eigenvalue weighted by Crippen LogP contribution is 2.47. The molecule has 1 atom stereocenters. The molecule has 1 N–H and O–H groups in total. The van der Waals surface area contributed by atoms with Gasteiger partial charge in [-0.1, -0.05) is 36.0 Å². The zero-order valence-corrected chi connectivity index (χ0v) is 11.9. The summed E-state index contributed by atoms with van der Waals surface area (Å²) in [5, 5.41) is 0. The second-order valence-electron chi connectivity index (χ2n) is 4.26. The van der Waals surface area contributed by atoms with Gasteiger partial charge in [-0.15, -0.1) is 0 Å². The average Bonchev–Trinajstić information content (AvgIpc) is 2.43. The number of rotatable bonds is 3. The minimum absolute atomic E-state index is 0.280. The van der Waals surface area contributed by atoms with Crippen LogP contribution in [0.1, 0.15) is 0 Å². The highest BCUT2D eigenvalue weighted by molar-refractivity contribution is 7.99. The van der Waals surface area contributed by atoms with E-state index in [9.17, 15) is 4.57 Å². The molecule has 0 fully saturated rings. The Labute approximate surface area is 117 Å². The Kier molecular flexibility index (Phi) is 3.56. The van der Waals surface area contributed by atoms with E-state index in [2.05, 4.69) is 29.2 Å². The van der Waals surface area contributed by atoms with Gasteiger partial charge in [0, 0.05) is 9.79 Å². The Hall–Kier alpha value is -1.35. The van der Waals surface area contributed by atoms with Crippen LogP contribution in [-0.4, -0.2) is 17.6 Å². The van der Waals surface area contributed by atoms with E-state index in [-0.39, 0.29) is 6.16 Å². The van der Waals surface area contributed by atoms with Crippen molar-refractivity contribution in [3.05, 3.63) is 48.5 Å². The van der Waals surface area contributed by atoms with E-state index in [4.69, 9.17) is 4.89 Å². The number of hydrogen-bond donors (Lipinski definition) is 1. The fraction of sp³-hybridized carbons (Fsp3) is 0.143. The van der Waals surface area contributed by atoms with Crippen LogP contribution in [-0.2, 0) is 4.57 Å². The third kappa shape index (κ3) is 2.52. The van der Waals surface area contributed by atoms with E-state index in [1.54, 1.807) is 11.8 Å². The molecule has 96 valence electrons. The minimum atomic E-state index is -2.10. The first-order valence-electron chi connectivity index (χ1n) is 6.03. The number of para-hydroxylation sites is 2. The van der Waals surface area contributed by atoms with E-state index in [1.807, 2.05) is 24.3 Å². The fourth-order valence-corrected chi connectivity index (χ4v) is 3.67. The van der Waals surface area contributed by atoms with Gasteiger partial charge in [0.1, 0.15) is 0 Å². The summed E-state index contributed by atoms with van der Waals surface area (Å²) in [6, 6.07) is 16.3. The summed E-state index contributed by atoms with van der Waals surface area (Å²) in [7, 11) is -2.10. The molecular formula is C14H13NO2PS+. The molecule has 1 heterocycles. The van der Waals surface area contributed by atoms with Crippen LogP contribution in [0, 0.1) is 0 Å². The molecule has 2 aromatic carbocycles. The van der Waals surface area contributed by atoms with Gasteiger partial charge < -0.3 is 4.90 Å². The van der Waals surface area contributed by atoms with Gasteiger partial charge in [0.25, 0.3) is 0 Å². The van der Waals surface area contributed by atoms with Crippen LogP contribution in [0.25, 0.3) is 0 Å². The summed E-state index contributed by atoms with van der Waals surface area (Å²) < 4.78 is 11.0. The predicted molar refractivity (Wildman–Crippen MR) is 78.7 cm³/mol. The molecule has 3 nitrogen and oxygen atoms in total. The van der Waals surface area contributed by atoms with Crippen molar-refractivity contribution in [2.75, 3.05) is 17.6 Å². The molecule has 3 rings (SSSR count). The first-order valence-corrected chi connectivity index (χ1v) is 8.24. The maximum atomic E-state index is 11.0. The van der Waals surface area contributed by atoms with E-state index in [0.717, 1.165) is 11.4 Å². The van der Waals surface area contributed by atoms with Crippen LogP contribution in [0.15, 0.2) is 58.3 Å². The minimum Gasteiger partial charge on any atom is -0.335 e. The molecule has 0 aromatic heterocycles. The van der Waals surface area contributed by atoms with Crippen molar-refractivity contribution in [3.8, 4) is 0 Å². The first kappa shape index (κ1) is 12.7. The second kappa shape index (κ2) is 5.33. The molecule has 1 unspecified atom stereocenters. The summed E-state index contributed by atoms with van der Waals surface area (Å²) in [4.78, 5) is 13.6. The van der Waals surface area contributed by atoms with Crippen LogP contribution in [0.5, 0.6) is 0 Å². The third-order valence-corrected chi connectivity index (χ3v) is 4.76. The van der Waals surface area contributed by atoms with Crippen molar-refractivity contribution in [2.45, 2.75) is 9.79 Å². The number of hydrogen-bond acceptors (Lipinski definition) is 3. The normalized spacial score (nSPS) is 13.7. The van der Waals surface area contributed by atoms with Crippen LogP contribution < -0.4 is 4.90 Å². The Morgan fingerprint density at radius 1 is 1.00 bits per heavy atom. The molecule has 0 bridgehead atoms. The van der Waals surface area contributed by atoms with Crippen molar-refractivity contribution >= 4 is 31.2 Å². The first-order chi connectivity index (χ1) is 9.25. The highest BCUT2D eigenvalue weighted by atomic mass is 32.2. The SMILES string of the molecule is O=[P+](O)CCN1c2ccccc2Sc2ccccc21. The summed E-state index contributed by atoms with van der Waals surface area (Å²) in [5.41, 5.74) is 2.23. The van der Waals surface area contributed by atoms with Crippen molar-refractivity contribution in [1.29, 1.82) is 0 Å². The standard InChI is InChI=1S/C14H12NO2PS/c16-18(17)10-9-15-11-5-1-3-7-13(11)19-14-8-4-2-6-12(14)15/h1-8H,9-10H2/p+1. The number of nitrogens with zero attached hydrogens (tertiary/aromatic N) is 1. The lowest BCUT2D eigenvalue weighted by Crippen LogP contribution is -2.23. The van der Waals surface area contributed by atoms with Gasteiger partial charge in [0.15, 0.2) is 6.16 Å². The molecule has 0 spiro atoms. The Morgan fingerprint density at radius 2 is 1.53 bits per heavy atom. The smallest absolute Gasteiger partial charge is 0.335 e. The molecule has 0 aliphatic carbocycles. The molecular weight excluding hydrogens is 277 g/mol. The van der Waals surface area contributed by atoms with Gasteiger partial charge >= 0.3 is 8.03 Å². The second-order valence-corrected chi connectivity index (χ2v) is 6.50. The summed E-state index contributed by atoms with van der Waals surface area (Å²) in [6.45, 7) is 0.556. The summed E-state index contributed by atoms with van der Waals surface area (Å²) >= 11 is 1.74. The van der Waals surface area contributed by atoms with Crippen molar-refractivity contribution in [3.63, 3.8) is 0 Å². The Morgan fingerprint density at radius 3 is 2.05 bits per heavy atom. The number of benzene rings is 2. The van der Waals surface area contributed by atoms with E-state index in [0.29, 0.717) is 6.54 Å². The average molecular weight is 290 g/mol. The monoisotopic (exact) mass is 290 g/mol. The Balaban J connectivity index is 2.03. The molecule has 1 aliphatic heterocycles. The van der Waals surface area contributed by atoms with Crippen LogP contribution in [0.4, 0.5) is 11.4 Å². The lowest BCUT2D eigenvalue weighted by molar-refractivity contribution is 0.503. The van der Waals surface area contributed by atoms with Crippen LogP contribution in [0.2, 0.25) is 0 Å². The molecule has 5 heteroatoms. The van der Waals surface area contributed by atoms with Crippen molar-refractivity contribution in [2.24, 2.45) is 0 Å². The maximum Gasteiger partial charge on any atom is 0.507 e. The quantitative estimate of drug-likeness (QED) is 0.867. The lowest BCUT2D eigenvalue weighted by atomic mass is 10.2. The summed E-state index contributed by atoms with van der Waals surface area (Å²) in [6.07, 6.45) is 0.280. The summed E-state index contributed by atoms with van der Waals surface area (Å²) in [5.74, 6) is 0. The van der Waals surface area contributed by atoms with Crippen LogP contribution >= 0.6 is 19.8 Å². The van der Waals surface area contributed by atoms with Crippen molar-refractivity contribution in [1.82, 2.24) is 0 Å². The fourth-order valence-electron chi connectivity index (χ4n) is 2.21. The highest BCUT2D eigenvalue weighted by Gasteiger charge is 2.24. The van der Waals surface area contributed by atoms with Crippen molar-refractivity contribution < 1.29 is 9.46 Å². The van der Waals surface area contributed by atoms with E-state index >= 15 is 0 Å². The zero-order chi connectivity index (χ0) is 13.2. The topological polar surface area (TPSA) is 40.5 Å². The lowest BCUT2D eigenvalue weighted by Gasteiger charge is -2.31. The Bertz CT molecular complexity index is 587. The third-order valence-electron chi connectivity index (χ3n) is 3.05. The van der Waals surface area contributed by atoms with Crippen LogP contribution in [0.3, 0.4) is 0 Å². The molecule has 1 aliphatic rings. The van der Waals surface area contributed by atoms with Gasteiger partial charge in [-0.2, -0.15) is 4.89 Å².